The van der Waals surface area contributed by atoms with Gasteiger partial charge in [0.25, 0.3) is 0 Å². The van der Waals surface area contributed by atoms with Gasteiger partial charge in [0, 0.05) is 32.7 Å². The fourth-order valence-electron chi connectivity index (χ4n) is 2.45. The lowest BCUT2D eigenvalue weighted by Crippen LogP contribution is -2.45. The minimum absolute atomic E-state index is 0.316. The number of rotatable bonds is 4. The number of nitrogens with zero attached hydrogens (tertiary/aromatic N) is 3. The standard InChI is InChI=1S/C15H16ClN3OS/c16-14-13(11-20)21-15(17-14)19-8-6-18(7-9-19)10-12-4-2-1-3-5-12/h1-5,11H,6-10H2. The first-order valence-corrected chi connectivity index (χ1v) is 8.08. The molecule has 0 spiro atoms. The molecule has 110 valence electrons. The van der Waals surface area contributed by atoms with Crippen LogP contribution in [0.25, 0.3) is 0 Å². The Hall–Kier alpha value is -1.43. The van der Waals surface area contributed by atoms with Crippen molar-refractivity contribution in [2.24, 2.45) is 0 Å². The monoisotopic (exact) mass is 321 g/mol. The van der Waals surface area contributed by atoms with Crippen molar-refractivity contribution in [2.75, 3.05) is 31.1 Å². The van der Waals surface area contributed by atoms with E-state index < -0.39 is 0 Å². The van der Waals surface area contributed by atoms with Crippen LogP contribution in [0.4, 0.5) is 5.13 Å². The fourth-order valence-corrected chi connectivity index (χ4v) is 3.56. The molecular formula is C15H16ClN3OS. The largest absolute Gasteiger partial charge is 0.345 e. The molecule has 0 radical (unpaired) electrons. The van der Waals surface area contributed by atoms with Crippen LogP contribution in [0.15, 0.2) is 30.3 Å². The van der Waals surface area contributed by atoms with Crippen molar-refractivity contribution in [1.82, 2.24) is 9.88 Å². The first-order chi connectivity index (χ1) is 10.3. The number of aromatic nitrogens is 1. The van der Waals surface area contributed by atoms with Crippen molar-refractivity contribution < 1.29 is 4.79 Å². The number of hydrogen-bond acceptors (Lipinski definition) is 5. The first kappa shape index (κ1) is 14.5. The van der Waals surface area contributed by atoms with Crippen LogP contribution in [0.5, 0.6) is 0 Å². The number of carbonyl (C=O) groups is 1. The molecule has 4 nitrogen and oxygen atoms in total. The van der Waals surface area contributed by atoms with Gasteiger partial charge in [-0.25, -0.2) is 4.98 Å². The van der Waals surface area contributed by atoms with E-state index in [2.05, 4.69) is 39.0 Å². The average Bonchev–Trinajstić information content (AvgIpc) is 2.90. The van der Waals surface area contributed by atoms with Crippen molar-refractivity contribution in [3.63, 3.8) is 0 Å². The number of anilines is 1. The van der Waals surface area contributed by atoms with Crippen LogP contribution in [-0.2, 0) is 6.54 Å². The minimum Gasteiger partial charge on any atom is -0.345 e. The van der Waals surface area contributed by atoms with Gasteiger partial charge < -0.3 is 4.90 Å². The maximum atomic E-state index is 10.8. The van der Waals surface area contributed by atoms with Gasteiger partial charge >= 0.3 is 0 Å². The molecule has 0 amide bonds. The lowest BCUT2D eigenvalue weighted by molar-refractivity contribution is 0.112. The smallest absolute Gasteiger partial charge is 0.187 e. The molecule has 1 aliphatic heterocycles. The number of hydrogen-bond donors (Lipinski definition) is 0. The summed E-state index contributed by atoms with van der Waals surface area (Å²) in [7, 11) is 0. The number of benzene rings is 1. The maximum absolute atomic E-state index is 10.8. The number of thiazole rings is 1. The Morgan fingerprint density at radius 1 is 1.19 bits per heavy atom. The predicted molar refractivity (Wildman–Crippen MR) is 86.4 cm³/mol. The van der Waals surface area contributed by atoms with E-state index in [1.54, 1.807) is 0 Å². The normalized spacial score (nSPS) is 16.1. The Balaban J connectivity index is 1.58. The highest BCUT2D eigenvalue weighted by Gasteiger charge is 2.20. The van der Waals surface area contributed by atoms with Crippen molar-refractivity contribution in [3.05, 3.63) is 45.9 Å². The molecule has 21 heavy (non-hydrogen) atoms. The summed E-state index contributed by atoms with van der Waals surface area (Å²) in [6.45, 7) is 4.78. The van der Waals surface area contributed by atoms with Crippen LogP contribution in [-0.4, -0.2) is 42.3 Å². The SMILES string of the molecule is O=Cc1sc(N2CCN(Cc3ccccc3)CC2)nc1Cl. The molecule has 1 fully saturated rings. The number of piperazine rings is 1. The maximum Gasteiger partial charge on any atom is 0.187 e. The fraction of sp³-hybridized carbons (Fsp3) is 0.333. The quantitative estimate of drug-likeness (QED) is 0.811. The Kier molecular flexibility index (Phi) is 4.53. The zero-order valence-corrected chi connectivity index (χ0v) is 13.1. The van der Waals surface area contributed by atoms with Crippen LogP contribution < -0.4 is 4.90 Å². The van der Waals surface area contributed by atoms with E-state index in [1.807, 2.05) is 6.07 Å². The molecule has 1 aromatic carbocycles. The van der Waals surface area contributed by atoms with Gasteiger partial charge in [0.15, 0.2) is 16.6 Å². The molecule has 1 aromatic heterocycles. The van der Waals surface area contributed by atoms with Gasteiger partial charge in [-0.05, 0) is 5.56 Å². The predicted octanol–water partition coefficient (Wildman–Crippen LogP) is 2.93. The summed E-state index contributed by atoms with van der Waals surface area (Å²) in [5.74, 6) is 0. The van der Waals surface area contributed by atoms with Gasteiger partial charge in [-0.15, -0.1) is 0 Å². The van der Waals surface area contributed by atoms with Crippen LogP contribution in [0.3, 0.4) is 0 Å². The highest BCUT2D eigenvalue weighted by molar-refractivity contribution is 7.17. The molecule has 2 aromatic rings. The molecule has 2 heterocycles. The van der Waals surface area contributed by atoms with E-state index in [9.17, 15) is 4.79 Å². The summed E-state index contributed by atoms with van der Waals surface area (Å²) in [5.41, 5.74) is 1.34. The van der Waals surface area contributed by atoms with Crippen molar-refractivity contribution in [3.8, 4) is 0 Å². The topological polar surface area (TPSA) is 36.4 Å². The summed E-state index contributed by atoms with van der Waals surface area (Å²) in [4.78, 5) is 20.3. The number of aldehydes is 1. The Bertz CT molecular complexity index is 609. The summed E-state index contributed by atoms with van der Waals surface area (Å²) >= 11 is 7.30. The van der Waals surface area contributed by atoms with Crippen molar-refractivity contribution >= 4 is 34.4 Å². The average molecular weight is 322 g/mol. The molecule has 0 atom stereocenters. The third-order valence-electron chi connectivity index (χ3n) is 3.60. The van der Waals surface area contributed by atoms with Gasteiger partial charge in [0.05, 0.1) is 0 Å². The third kappa shape index (κ3) is 3.43. The lowest BCUT2D eigenvalue weighted by atomic mass is 10.2. The minimum atomic E-state index is 0.316. The summed E-state index contributed by atoms with van der Waals surface area (Å²) in [5, 5.41) is 1.16. The zero-order valence-electron chi connectivity index (χ0n) is 11.5. The molecule has 0 N–H and O–H groups in total. The van der Waals surface area contributed by atoms with E-state index in [-0.39, 0.29) is 0 Å². The van der Waals surface area contributed by atoms with Crippen LogP contribution in [0, 0.1) is 0 Å². The molecule has 6 heteroatoms. The molecule has 0 unspecified atom stereocenters. The third-order valence-corrected chi connectivity index (χ3v) is 5.04. The molecular weight excluding hydrogens is 306 g/mol. The molecule has 3 rings (SSSR count). The molecule has 1 saturated heterocycles. The first-order valence-electron chi connectivity index (χ1n) is 6.89. The Morgan fingerprint density at radius 2 is 1.90 bits per heavy atom. The van der Waals surface area contributed by atoms with Crippen LogP contribution >= 0.6 is 22.9 Å². The number of carbonyl (C=O) groups excluding carboxylic acids is 1. The van der Waals surface area contributed by atoms with E-state index in [0.29, 0.717) is 10.0 Å². The van der Waals surface area contributed by atoms with Gasteiger partial charge in [-0.1, -0.05) is 53.3 Å². The summed E-state index contributed by atoms with van der Waals surface area (Å²) in [6.07, 6.45) is 0.773. The second-order valence-electron chi connectivity index (χ2n) is 5.02. The van der Waals surface area contributed by atoms with E-state index in [0.717, 1.165) is 44.1 Å². The molecule has 0 bridgehead atoms. The van der Waals surface area contributed by atoms with Crippen molar-refractivity contribution in [2.45, 2.75) is 6.54 Å². The van der Waals surface area contributed by atoms with E-state index in [4.69, 9.17) is 11.6 Å². The lowest BCUT2D eigenvalue weighted by Gasteiger charge is -2.34. The highest BCUT2D eigenvalue weighted by atomic mass is 35.5. The number of halogens is 1. The summed E-state index contributed by atoms with van der Waals surface area (Å²) < 4.78 is 0. The van der Waals surface area contributed by atoms with Gasteiger partial charge in [0.1, 0.15) is 4.88 Å². The van der Waals surface area contributed by atoms with Gasteiger partial charge in [-0.2, -0.15) is 0 Å². The molecule has 1 aliphatic rings. The van der Waals surface area contributed by atoms with Crippen molar-refractivity contribution in [1.29, 1.82) is 0 Å². The van der Waals surface area contributed by atoms with E-state index >= 15 is 0 Å². The Morgan fingerprint density at radius 3 is 2.52 bits per heavy atom. The van der Waals surface area contributed by atoms with Crippen LogP contribution in [0.1, 0.15) is 15.2 Å². The van der Waals surface area contributed by atoms with Gasteiger partial charge in [0.2, 0.25) is 0 Å². The molecule has 0 saturated carbocycles. The second kappa shape index (κ2) is 6.56. The van der Waals surface area contributed by atoms with Crippen LogP contribution in [0.2, 0.25) is 5.15 Å². The molecule has 0 aliphatic carbocycles. The highest BCUT2D eigenvalue weighted by Crippen LogP contribution is 2.29. The van der Waals surface area contributed by atoms with E-state index in [1.165, 1.54) is 16.9 Å². The second-order valence-corrected chi connectivity index (χ2v) is 6.39. The Labute approximate surface area is 133 Å². The zero-order chi connectivity index (χ0) is 14.7. The summed E-state index contributed by atoms with van der Waals surface area (Å²) in [6, 6.07) is 10.5. The van der Waals surface area contributed by atoms with Gasteiger partial charge in [-0.3, -0.25) is 9.69 Å².